The van der Waals surface area contributed by atoms with E-state index in [1.165, 1.54) is 12.3 Å². The van der Waals surface area contributed by atoms with Crippen LogP contribution in [0.2, 0.25) is 0 Å². The van der Waals surface area contributed by atoms with Gasteiger partial charge in [0.1, 0.15) is 17.4 Å². The Morgan fingerprint density at radius 2 is 2.04 bits per heavy atom. The first-order valence-corrected chi connectivity index (χ1v) is 8.23. The lowest BCUT2D eigenvalue weighted by Gasteiger charge is -2.08. The molecule has 3 aromatic heterocycles. The maximum absolute atomic E-state index is 12.9. The molecular formula is C21H19N5O2. The number of imidazole rings is 1. The van der Waals surface area contributed by atoms with Gasteiger partial charge in [-0.1, -0.05) is 0 Å². The molecule has 0 aliphatic heterocycles. The van der Waals surface area contributed by atoms with E-state index < -0.39 is 48.4 Å². The highest BCUT2D eigenvalue weighted by molar-refractivity contribution is 6.04. The van der Waals surface area contributed by atoms with Gasteiger partial charge in [0, 0.05) is 30.3 Å². The van der Waals surface area contributed by atoms with Crippen molar-refractivity contribution in [1.29, 1.82) is 0 Å². The minimum Gasteiger partial charge on any atom is -0.497 e. The predicted molar refractivity (Wildman–Crippen MR) is 107 cm³/mol. The number of carbonyl (C=O) groups is 1. The van der Waals surface area contributed by atoms with Crippen LogP contribution in [0.1, 0.15) is 25.8 Å². The number of hydrogen-bond donors (Lipinski definition) is 1. The molecule has 0 atom stereocenters. The van der Waals surface area contributed by atoms with Gasteiger partial charge in [0.15, 0.2) is 0 Å². The normalized spacial score (nSPS) is 14.9. The molecule has 0 radical (unpaired) electrons. The van der Waals surface area contributed by atoms with Crippen LogP contribution in [0.5, 0.6) is 5.75 Å². The number of rotatable bonds is 4. The Hall–Kier alpha value is -3.74. The number of fused-ring (bicyclic) bond motifs is 1. The lowest BCUT2D eigenvalue weighted by atomic mass is 10.2. The molecular weight excluding hydrogens is 354 g/mol. The molecule has 0 bridgehead atoms. The first-order chi connectivity index (χ1) is 16.4. The number of carbonyl (C=O) groups excluding carboxylic acids is 1. The van der Waals surface area contributed by atoms with Crippen LogP contribution in [0.3, 0.4) is 0 Å². The quantitative estimate of drug-likeness (QED) is 0.585. The van der Waals surface area contributed by atoms with Crippen molar-refractivity contribution >= 4 is 22.6 Å². The molecule has 0 fully saturated rings. The molecule has 1 N–H and O–H groups in total. The van der Waals surface area contributed by atoms with Gasteiger partial charge in [0.25, 0.3) is 5.91 Å². The molecule has 7 nitrogen and oxygen atoms in total. The van der Waals surface area contributed by atoms with E-state index in [0.717, 1.165) is 11.5 Å². The Labute approximate surface area is 171 Å². The lowest BCUT2D eigenvalue weighted by Crippen LogP contribution is -2.12. The molecule has 0 aliphatic carbocycles. The van der Waals surface area contributed by atoms with Crippen LogP contribution >= 0.6 is 0 Å². The van der Waals surface area contributed by atoms with E-state index in [1.54, 1.807) is 6.20 Å². The van der Waals surface area contributed by atoms with E-state index in [1.807, 2.05) is 30.7 Å². The van der Waals surface area contributed by atoms with Gasteiger partial charge in [0.05, 0.1) is 39.7 Å². The molecule has 4 rings (SSSR count). The van der Waals surface area contributed by atoms with Crippen molar-refractivity contribution < 1.29 is 19.1 Å². The van der Waals surface area contributed by atoms with Crippen molar-refractivity contribution in [3.8, 4) is 17.1 Å². The highest BCUT2D eigenvalue weighted by Gasteiger charge is 2.10. The Morgan fingerprint density at radius 1 is 1.21 bits per heavy atom. The van der Waals surface area contributed by atoms with Crippen LogP contribution in [0, 0.1) is 6.92 Å². The Balaban J connectivity index is 1.69. The Bertz CT molecular complexity index is 1450. The zero-order chi connectivity index (χ0) is 25.7. The molecule has 4 aromatic rings. The average molecular weight is 380 g/mol. The van der Waals surface area contributed by atoms with Crippen LogP contribution < -0.4 is 10.1 Å². The van der Waals surface area contributed by atoms with Crippen LogP contribution in [0.4, 0.5) is 5.82 Å². The summed E-state index contributed by atoms with van der Waals surface area (Å²) in [6, 6.07) is 2.12. The number of pyridine rings is 2. The minimum atomic E-state index is -2.98. The van der Waals surface area contributed by atoms with Gasteiger partial charge in [-0.15, -0.1) is 0 Å². The van der Waals surface area contributed by atoms with Crippen molar-refractivity contribution in [2.45, 2.75) is 6.92 Å². The molecule has 3 heterocycles. The molecule has 0 saturated heterocycles. The molecule has 28 heavy (non-hydrogen) atoms. The van der Waals surface area contributed by atoms with Gasteiger partial charge in [-0.05, 0) is 43.2 Å². The van der Waals surface area contributed by atoms with E-state index in [4.69, 9.17) is 9.60 Å². The van der Waals surface area contributed by atoms with Gasteiger partial charge >= 0.3 is 0 Å². The summed E-state index contributed by atoms with van der Waals surface area (Å²) in [6.07, 6.45) is 3.20. The second kappa shape index (κ2) is 7.11. The number of nitrogens with zero attached hydrogens (tertiary/aromatic N) is 4. The second-order valence-electron chi connectivity index (χ2n) is 5.97. The summed E-state index contributed by atoms with van der Waals surface area (Å²) >= 11 is 0. The third-order valence-corrected chi connectivity index (χ3v) is 4.23. The zero-order valence-electron chi connectivity index (χ0n) is 22.0. The SMILES string of the molecule is [2H]c1c([2H])c(C(=O)Nc2cc3nc(-c4cnc(C)n4C)ccc3cn2)c([2H])c([2H])c1OC([2H])([2H])[2H]. The summed E-state index contributed by atoms with van der Waals surface area (Å²) in [4.78, 5) is 25.9. The number of hydrogen-bond acceptors (Lipinski definition) is 5. The van der Waals surface area contributed by atoms with Gasteiger partial charge in [-0.25, -0.2) is 15.0 Å². The maximum Gasteiger partial charge on any atom is 0.256 e. The summed E-state index contributed by atoms with van der Waals surface area (Å²) in [7, 11) is -1.11. The van der Waals surface area contributed by atoms with Crippen molar-refractivity contribution in [2.75, 3.05) is 12.4 Å². The van der Waals surface area contributed by atoms with Crippen LogP contribution in [-0.2, 0) is 7.05 Å². The number of methoxy groups -OCH3 is 1. The van der Waals surface area contributed by atoms with Crippen molar-refractivity contribution in [3.05, 3.63) is 66.2 Å². The molecule has 7 heteroatoms. The minimum absolute atomic E-state index is 0.0769. The molecule has 140 valence electrons. The fourth-order valence-corrected chi connectivity index (χ4v) is 2.61. The molecule has 0 aliphatic rings. The predicted octanol–water partition coefficient (Wildman–Crippen LogP) is 3.60. The highest BCUT2D eigenvalue weighted by Crippen LogP contribution is 2.22. The van der Waals surface area contributed by atoms with Gasteiger partial charge in [-0.2, -0.15) is 0 Å². The summed E-state index contributed by atoms with van der Waals surface area (Å²) in [6.45, 7) is 1.87. The Morgan fingerprint density at radius 3 is 2.75 bits per heavy atom. The molecule has 0 saturated carbocycles. The largest absolute Gasteiger partial charge is 0.497 e. The fraction of sp³-hybridized carbons (Fsp3) is 0.143. The molecule has 0 spiro atoms. The number of amides is 1. The van der Waals surface area contributed by atoms with Crippen molar-refractivity contribution in [1.82, 2.24) is 19.5 Å². The molecule has 1 amide bonds. The summed E-state index contributed by atoms with van der Waals surface area (Å²) < 4.78 is 60.1. The second-order valence-corrected chi connectivity index (χ2v) is 5.97. The highest BCUT2D eigenvalue weighted by atomic mass is 16.5. The number of ether oxygens (including phenoxy) is 1. The number of benzene rings is 1. The number of aryl methyl sites for hydroxylation is 1. The van der Waals surface area contributed by atoms with Crippen LogP contribution in [-0.4, -0.2) is 32.5 Å². The summed E-state index contributed by atoms with van der Waals surface area (Å²) in [5, 5.41) is 3.17. The van der Waals surface area contributed by atoms with Crippen LogP contribution in [0.25, 0.3) is 22.3 Å². The fourth-order valence-electron chi connectivity index (χ4n) is 2.61. The van der Waals surface area contributed by atoms with E-state index >= 15 is 0 Å². The van der Waals surface area contributed by atoms with Gasteiger partial charge < -0.3 is 14.6 Å². The average Bonchev–Trinajstić information content (AvgIpc) is 3.12. The number of nitrogens with one attached hydrogen (secondary N) is 1. The molecule has 1 aromatic carbocycles. The third-order valence-electron chi connectivity index (χ3n) is 4.23. The maximum atomic E-state index is 12.9. The summed E-state index contributed by atoms with van der Waals surface area (Å²) in [5.74, 6) is -0.817. The number of anilines is 1. The van der Waals surface area contributed by atoms with Crippen molar-refractivity contribution in [2.24, 2.45) is 7.05 Å². The first-order valence-electron chi connectivity index (χ1n) is 11.7. The lowest BCUT2D eigenvalue weighted by molar-refractivity contribution is 0.102. The molecule has 0 unspecified atom stereocenters. The van der Waals surface area contributed by atoms with Gasteiger partial charge in [0.2, 0.25) is 0 Å². The standard InChI is InChI=1S/C21H19N5O2/c1-13-22-12-19(26(13)2)17-9-6-15-11-23-20(10-18(15)24-17)25-21(27)14-4-7-16(28-3)8-5-14/h4-12H,1-3H3,(H,23,25,27)/i3D3,4D,5D,7D,8D. The van der Waals surface area contributed by atoms with Gasteiger partial charge in [-0.3, -0.25) is 4.79 Å². The van der Waals surface area contributed by atoms with E-state index in [9.17, 15) is 4.79 Å². The monoisotopic (exact) mass is 380 g/mol. The van der Waals surface area contributed by atoms with E-state index in [-0.39, 0.29) is 5.82 Å². The van der Waals surface area contributed by atoms with E-state index in [2.05, 4.69) is 25.0 Å². The van der Waals surface area contributed by atoms with E-state index in [0.29, 0.717) is 16.6 Å². The smallest absolute Gasteiger partial charge is 0.256 e. The summed E-state index contributed by atoms with van der Waals surface area (Å²) in [5.41, 5.74) is 1.41. The first kappa shape index (κ1) is 11.2. The van der Waals surface area contributed by atoms with Crippen LogP contribution in [0.15, 0.2) is 54.8 Å². The third kappa shape index (κ3) is 3.29. The topological polar surface area (TPSA) is 81.9 Å². The zero-order valence-corrected chi connectivity index (χ0v) is 15.0. The number of aromatic nitrogens is 4. The van der Waals surface area contributed by atoms with Crippen molar-refractivity contribution in [3.63, 3.8) is 0 Å². The Kier molecular flexibility index (Phi) is 2.84.